The molecule has 2 N–H and O–H groups in total. The second-order valence-electron chi connectivity index (χ2n) is 13.5. The number of fused-ring (bicyclic) bond motifs is 2. The van der Waals surface area contributed by atoms with Gasteiger partial charge in [-0.3, -0.25) is 14.4 Å². The van der Waals surface area contributed by atoms with Crippen LogP contribution in [0.3, 0.4) is 0 Å². The second kappa shape index (κ2) is 13.3. The van der Waals surface area contributed by atoms with Gasteiger partial charge in [-0.2, -0.15) is 0 Å². The SMILES string of the molecule is C[C@H]1[C@H]([Si](C)(C)O)[C@@H](CC(=O)N(CCO)Cc2ccccc2)O[C@]12C(=O)N(Cc1ccc(N3CCCC3=O)cc1)c1ccc(Br)cc12. The number of hydrogen-bond acceptors (Lipinski definition) is 6. The van der Waals surface area contributed by atoms with Crippen molar-refractivity contribution in [1.29, 1.82) is 0 Å². The number of rotatable bonds is 10. The molecule has 4 atom stereocenters. The molecule has 6 rings (SSSR count). The summed E-state index contributed by atoms with van der Waals surface area (Å²) in [5.74, 6) is -0.708. The summed E-state index contributed by atoms with van der Waals surface area (Å²) in [6.07, 6.45) is 0.690. The Kier molecular flexibility index (Phi) is 9.47. The molecule has 3 amide bonds. The van der Waals surface area contributed by atoms with Crippen molar-refractivity contribution in [3.05, 3.63) is 94.0 Å². The quantitative estimate of drug-likeness (QED) is 0.274. The van der Waals surface area contributed by atoms with E-state index in [1.807, 2.05) is 92.8 Å². The number of ether oxygens (including phenoxy) is 1. The molecule has 3 aliphatic rings. The fourth-order valence-electron chi connectivity index (χ4n) is 7.81. The van der Waals surface area contributed by atoms with Crippen molar-refractivity contribution >= 4 is 53.3 Å². The van der Waals surface area contributed by atoms with Crippen LogP contribution in [-0.4, -0.2) is 66.6 Å². The van der Waals surface area contributed by atoms with Gasteiger partial charge in [-0.25, -0.2) is 0 Å². The molecule has 9 nitrogen and oxygen atoms in total. The highest BCUT2D eigenvalue weighted by molar-refractivity contribution is 9.10. The number of aliphatic hydroxyl groups excluding tert-OH is 1. The monoisotopic (exact) mass is 719 g/mol. The Labute approximate surface area is 285 Å². The van der Waals surface area contributed by atoms with E-state index in [0.29, 0.717) is 26.1 Å². The molecule has 248 valence electrons. The highest BCUT2D eigenvalue weighted by Gasteiger charge is 2.66. The minimum Gasteiger partial charge on any atom is -0.432 e. The summed E-state index contributed by atoms with van der Waals surface area (Å²) in [6, 6.07) is 23.1. The van der Waals surface area contributed by atoms with Gasteiger partial charge in [0.1, 0.15) is 0 Å². The smallest absolute Gasteiger partial charge is 0.264 e. The minimum absolute atomic E-state index is 0.0200. The average molecular weight is 721 g/mol. The maximum Gasteiger partial charge on any atom is 0.264 e. The van der Waals surface area contributed by atoms with Crippen LogP contribution < -0.4 is 9.80 Å². The number of hydrogen-bond donors (Lipinski definition) is 2. The fourth-order valence-corrected chi connectivity index (χ4v) is 10.7. The maximum absolute atomic E-state index is 14.8. The average Bonchev–Trinajstić information content (AvgIpc) is 3.66. The molecule has 0 saturated carbocycles. The first kappa shape index (κ1) is 33.5. The van der Waals surface area contributed by atoms with Crippen molar-refractivity contribution in [2.75, 3.05) is 29.5 Å². The number of benzene rings is 3. The van der Waals surface area contributed by atoms with Crippen molar-refractivity contribution < 1.29 is 29.0 Å². The molecule has 3 aromatic carbocycles. The Bertz CT molecular complexity index is 1650. The molecule has 11 heteroatoms. The molecule has 3 heterocycles. The van der Waals surface area contributed by atoms with Gasteiger partial charge in [-0.1, -0.05) is 65.3 Å². The number of carbonyl (C=O) groups excluding carboxylic acids is 3. The second-order valence-corrected chi connectivity index (χ2v) is 18.3. The zero-order chi connectivity index (χ0) is 33.5. The van der Waals surface area contributed by atoms with Gasteiger partial charge >= 0.3 is 0 Å². The standard InChI is InChI=1S/C36H42BrN3O6Si/c1-24-34(47(2,3)45)31(21-33(43)38(18-19-41)22-25-8-5-4-6-9-25)46-36(24)29-20-27(37)13-16-30(29)40(35(36)44)23-26-11-14-28(15-12-26)39-17-7-10-32(39)42/h4-6,8-9,11-16,20,24,31,34,41,45H,7,10,17-19,21-23H2,1-3H3/t24-,31+,34-,36+/m0/s1. The summed E-state index contributed by atoms with van der Waals surface area (Å²) >= 11 is 3.60. The molecule has 0 aliphatic carbocycles. The molecular weight excluding hydrogens is 678 g/mol. The van der Waals surface area contributed by atoms with E-state index in [2.05, 4.69) is 15.9 Å². The van der Waals surface area contributed by atoms with E-state index in [1.165, 1.54) is 0 Å². The number of amides is 3. The number of nitrogens with zero attached hydrogens (tertiary/aromatic N) is 3. The lowest BCUT2D eigenvalue weighted by Gasteiger charge is -2.32. The molecule has 3 aliphatic heterocycles. The molecule has 2 fully saturated rings. The maximum atomic E-state index is 14.8. The normalized spacial score (nSPS) is 24.0. The highest BCUT2D eigenvalue weighted by atomic mass is 79.9. The number of anilines is 2. The summed E-state index contributed by atoms with van der Waals surface area (Å²) in [6.45, 7) is 6.98. The largest absolute Gasteiger partial charge is 0.432 e. The lowest BCUT2D eigenvalue weighted by molar-refractivity contribution is -0.150. The van der Waals surface area contributed by atoms with Crippen LogP contribution in [0, 0.1) is 5.92 Å². The first-order valence-electron chi connectivity index (χ1n) is 16.3. The van der Waals surface area contributed by atoms with Crippen molar-refractivity contribution in [2.24, 2.45) is 5.92 Å². The molecule has 2 saturated heterocycles. The van der Waals surface area contributed by atoms with Crippen LogP contribution >= 0.6 is 15.9 Å². The topological polar surface area (TPSA) is 111 Å². The predicted molar refractivity (Wildman–Crippen MR) is 186 cm³/mol. The predicted octanol–water partition coefficient (Wildman–Crippen LogP) is 5.33. The van der Waals surface area contributed by atoms with E-state index >= 15 is 0 Å². The molecule has 0 bridgehead atoms. The molecule has 0 unspecified atom stereocenters. The van der Waals surface area contributed by atoms with Crippen LogP contribution in [0.25, 0.3) is 0 Å². The molecule has 0 radical (unpaired) electrons. The summed E-state index contributed by atoms with van der Waals surface area (Å²) in [4.78, 5) is 57.7. The summed E-state index contributed by atoms with van der Waals surface area (Å²) in [5.41, 5.74) is 2.37. The number of carbonyl (C=O) groups is 3. The molecule has 3 aromatic rings. The van der Waals surface area contributed by atoms with E-state index in [0.717, 1.165) is 39.0 Å². The number of halogens is 1. The van der Waals surface area contributed by atoms with Gasteiger partial charge in [-0.15, -0.1) is 0 Å². The van der Waals surface area contributed by atoms with E-state index in [4.69, 9.17) is 4.74 Å². The van der Waals surface area contributed by atoms with Gasteiger partial charge in [0.2, 0.25) is 11.8 Å². The zero-order valence-corrected chi connectivity index (χ0v) is 29.7. The Morgan fingerprint density at radius 1 is 1.06 bits per heavy atom. The van der Waals surface area contributed by atoms with Gasteiger partial charge in [0.05, 0.1) is 31.4 Å². The zero-order valence-electron chi connectivity index (χ0n) is 27.1. The van der Waals surface area contributed by atoms with Crippen LogP contribution in [0.5, 0.6) is 0 Å². The lowest BCUT2D eigenvalue weighted by Crippen LogP contribution is -2.46. The van der Waals surface area contributed by atoms with Crippen molar-refractivity contribution in [3.8, 4) is 0 Å². The third-order valence-corrected chi connectivity index (χ3v) is 12.9. The Balaban J connectivity index is 1.31. The van der Waals surface area contributed by atoms with E-state index < -0.39 is 31.5 Å². The van der Waals surface area contributed by atoms with Crippen LogP contribution in [0.4, 0.5) is 11.4 Å². The van der Waals surface area contributed by atoms with Crippen LogP contribution in [0.15, 0.2) is 77.3 Å². The molecular formula is C36H42BrN3O6Si. The molecule has 0 aromatic heterocycles. The molecule has 47 heavy (non-hydrogen) atoms. The van der Waals surface area contributed by atoms with Crippen LogP contribution in [-0.2, 0) is 37.8 Å². The fraction of sp³-hybridized carbons (Fsp3) is 0.417. The first-order valence-corrected chi connectivity index (χ1v) is 20.1. The van der Waals surface area contributed by atoms with Gasteiger partial charge in [0, 0.05) is 53.2 Å². The van der Waals surface area contributed by atoms with Crippen molar-refractivity contribution in [2.45, 2.75) is 69.6 Å². The van der Waals surface area contributed by atoms with Crippen molar-refractivity contribution in [1.82, 2.24) is 4.90 Å². The van der Waals surface area contributed by atoms with E-state index in [9.17, 15) is 24.3 Å². The summed E-state index contributed by atoms with van der Waals surface area (Å²) in [7, 11) is -2.98. The van der Waals surface area contributed by atoms with Crippen LogP contribution in [0.2, 0.25) is 18.6 Å². The Hall–Kier alpha value is -3.35. The third-order valence-electron chi connectivity index (χ3n) is 9.92. The lowest BCUT2D eigenvalue weighted by atomic mass is 9.82. The number of aliphatic hydroxyl groups is 1. The van der Waals surface area contributed by atoms with Gasteiger partial charge in [0.25, 0.3) is 5.91 Å². The summed E-state index contributed by atoms with van der Waals surface area (Å²) in [5, 5.41) is 9.79. The van der Waals surface area contributed by atoms with Gasteiger partial charge in [0.15, 0.2) is 13.9 Å². The van der Waals surface area contributed by atoms with Gasteiger partial charge < -0.3 is 29.3 Å². The third kappa shape index (κ3) is 6.31. The van der Waals surface area contributed by atoms with Gasteiger partial charge in [-0.05, 0) is 61.0 Å². The Morgan fingerprint density at radius 3 is 2.43 bits per heavy atom. The first-order chi connectivity index (χ1) is 22.4. The van der Waals surface area contributed by atoms with E-state index in [1.54, 1.807) is 14.7 Å². The van der Waals surface area contributed by atoms with Crippen LogP contribution in [0.1, 0.15) is 42.9 Å². The summed E-state index contributed by atoms with van der Waals surface area (Å²) < 4.78 is 7.68. The Morgan fingerprint density at radius 2 is 1.79 bits per heavy atom. The van der Waals surface area contributed by atoms with E-state index in [-0.39, 0.29) is 37.3 Å². The van der Waals surface area contributed by atoms with Crippen molar-refractivity contribution in [3.63, 3.8) is 0 Å². The minimum atomic E-state index is -2.98. The molecule has 1 spiro atoms. The highest BCUT2D eigenvalue weighted by Crippen LogP contribution is 2.60.